The molecule has 0 unspecified atom stereocenters. The van der Waals surface area contributed by atoms with E-state index in [9.17, 15) is 4.79 Å². The van der Waals surface area contributed by atoms with Crippen molar-refractivity contribution in [3.05, 3.63) is 52.8 Å². The Morgan fingerprint density at radius 3 is 2.53 bits per heavy atom. The van der Waals surface area contributed by atoms with Gasteiger partial charge in [-0.05, 0) is 44.2 Å². The molecular formula is C15H17ClN2O. The highest BCUT2D eigenvalue weighted by molar-refractivity contribution is 6.30. The summed E-state index contributed by atoms with van der Waals surface area (Å²) in [6.45, 7) is 4.78. The highest BCUT2D eigenvalue weighted by Crippen LogP contribution is 2.15. The highest BCUT2D eigenvalue weighted by atomic mass is 35.5. The molecule has 100 valence electrons. The number of anilines is 1. The molecule has 0 radical (unpaired) electrons. The van der Waals surface area contributed by atoms with E-state index in [4.69, 9.17) is 11.6 Å². The Kier molecular flexibility index (Phi) is 4.27. The fourth-order valence-electron chi connectivity index (χ4n) is 2.06. The Hall–Kier alpha value is -1.74. The number of aryl methyl sites for hydroxylation is 2. The Bertz CT molecular complexity index is 570. The van der Waals surface area contributed by atoms with Gasteiger partial charge in [-0.2, -0.15) is 0 Å². The van der Waals surface area contributed by atoms with Crippen LogP contribution in [0.1, 0.15) is 17.8 Å². The monoisotopic (exact) mass is 276 g/mol. The molecule has 1 aromatic heterocycles. The predicted molar refractivity (Wildman–Crippen MR) is 78.6 cm³/mol. The molecule has 0 saturated heterocycles. The first-order valence-corrected chi connectivity index (χ1v) is 6.62. The lowest BCUT2D eigenvalue weighted by molar-refractivity contribution is -0.116. The molecule has 2 rings (SSSR count). The van der Waals surface area contributed by atoms with Crippen molar-refractivity contribution in [2.24, 2.45) is 0 Å². The van der Waals surface area contributed by atoms with E-state index in [1.54, 1.807) is 12.1 Å². The zero-order valence-corrected chi connectivity index (χ0v) is 11.9. The minimum Gasteiger partial charge on any atom is -0.349 e. The number of halogens is 1. The molecule has 0 aliphatic heterocycles. The minimum absolute atomic E-state index is 0.00485. The topological polar surface area (TPSA) is 34.0 Å². The molecule has 19 heavy (non-hydrogen) atoms. The Balaban J connectivity index is 1.92. The van der Waals surface area contributed by atoms with Gasteiger partial charge in [-0.3, -0.25) is 4.79 Å². The van der Waals surface area contributed by atoms with Gasteiger partial charge in [0.1, 0.15) is 0 Å². The van der Waals surface area contributed by atoms with Crippen molar-refractivity contribution in [2.45, 2.75) is 26.8 Å². The standard InChI is InChI=1S/C15H17ClN2O/c1-11-6-7-12(2)18(11)9-8-15(19)17-14-5-3-4-13(16)10-14/h3-7,10H,8-9H2,1-2H3,(H,17,19). The van der Waals surface area contributed by atoms with E-state index in [-0.39, 0.29) is 5.91 Å². The SMILES string of the molecule is Cc1ccc(C)n1CCC(=O)Nc1cccc(Cl)c1. The first-order valence-electron chi connectivity index (χ1n) is 6.24. The van der Waals surface area contributed by atoms with Gasteiger partial charge < -0.3 is 9.88 Å². The first kappa shape index (κ1) is 13.7. The van der Waals surface area contributed by atoms with Crippen LogP contribution >= 0.6 is 11.6 Å². The highest BCUT2D eigenvalue weighted by Gasteiger charge is 2.06. The fraction of sp³-hybridized carbons (Fsp3) is 0.267. The molecule has 0 fully saturated rings. The second-order valence-electron chi connectivity index (χ2n) is 4.58. The van der Waals surface area contributed by atoms with E-state index in [1.807, 2.05) is 26.0 Å². The van der Waals surface area contributed by atoms with Crippen LogP contribution in [0.25, 0.3) is 0 Å². The molecule has 0 aliphatic rings. The number of aromatic nitrogens is 1. The van der Waals surface area contributed by atoms with Gasteiger partial charge in [0, 0.05) is 35.1 Å². The van der Waals surface area contributed by atoms with E-state index in [2.05, 4.69) is 22.0 Å². The molecule has 0 aliphatic carbocycles. The van der Waals surface area contributed by atoms with Gasteiger partial charge in [-0.25, -0.2) is 0 Å². The van der Waals surface area contributed by atoms with Crippen molar-refractivity contribution >= 4 is 23.2 Å². The van der Waals surface area contributed by atoms with Gasteiger partial charge in [0.2, 0.25) is 5.91 Å². The number of rotatable bonds is 4. The average molecular weight is 277 g/mol. The third kappa shape index (κ3) is 3.61. The lowest BCUT2D eigenvalue weighted by Crippen LogP contribution is -2.15. The number of benzene rings is 1. The van der Waals surface area contributed by atoms with Gasteiger partial charge in [-0.1, -0.05) is 17.7 Å². The summed E-state index contributed by atoms with van der Waals surface area (Å²) in [7, 11) is 0. The number of hydrogen-bond acceptors (Lipinski definition) is 1. The summed E-state index contributed by atoms with van der Waals surface area (Å²) in [6.07, 6.45) is 0.447. The summed E-state index contributed by atoms with van der Waals surface area (Å²) in [5.74, 6) is -0.00485. The molecule has 0 spiro atoms. The number of hydrogen-bond donors (Lipinski definition) is 1. The molecule has 3 nitrogen and oxygen atoms in total. The number of amides is 1. The number of carbonyl (C=O) groups excluding carboxylic acids is 1. The van der Waals surface area contributed by atoms with Gasteiger partial charge in [0.15, 0.2) is 0 Å². The zero-order valence-electron chi connectivity index (χ0n) is 11.1. The van der Waals surface area contributed by atoms with Gasteiger partial charge in [0.25, 0.3) is 0 Å². The van der Waals surface area contributed by atoms with Crippen LogP contribution < -0.4 is 5.32 Å². The molecular weight excluding hydrogens is 260 g/mol. The largest absolute Gasteiger partial charge is 0.349 e. The third-order valence-electron chi connectivity index (χ3n) is 3.09. The summed E-state index contributed by atoms with van der Waals surface area (Å²) in [4.78, 5) is 11.9. The van der Waals surface area contributed by atoms with Gasteiger partial charge >= 0.3 is 0 Å². The molecule has 0 saturated carbocycles. The van der Waals surface area contributed by atoms with E-state index in [0.29, 0.717) is 18.0 Å². The lowest BCUT2D eigenvalue weighted by Gasteiger charge is -2.09. The van der Waals surface area contributed by atoms with Crippen molar-refractivity contribution in [3.63, 3.8) is 0 Å². The van der Waals surface area contributed by atoms with E-state index in [0.717, 1.165) is 5.69 Å². The summed E-state index contributed by atoms with van der Waals surface area (Å²) in [5.41, 5.74) is 3.08. The summed E-state index contributed by atoms with van der Waals surface area (Å²) >= 11 is 5.87. The van der Waals surface area contributed by atoms with Crippen LogP contribution in [0.5, 0.6) is 0 Å². The molecule has 1 N–H and O–H groups in total. The van der Waals surface area contributed by atoms with E-state index >= 15 is 0 Å². The normalized spacial score (nSPS) is 10.5. The molecule has 0 bridgehead atoms. The predicted octanol–water partition coefficient (Wildman–Crippen LogP) is 3.79. The molecule has 1 aromatic carbocycles. The van der Waals surface area contributed by atoms with Crippen LogP contribution in [-0.2, 0) is 11.3 Å². The first-order chi connectivity index (χ1) is 9.06. The second kappa shape index (κ2) is 5.93. The van der Waals surface area contributed by atoms with Gasteiger partial charge in [-0.15, -0.1) is 0 Å². The molecule has 0 atom stereocenters. The molecule has 2 aromatic rings. The molecule has 4 heteroatoms. The number of carbonyl (C=O) groups is 1. The lowest BCUT2D eigenvalue weighted by atomic mass is 10.3. The number of nitrogens with zero attached hydrogens (tertiary/aromatic N) is 1. The van der Waals surface area contributed by atoms with Crippen LogP contribution in [0, 0.1) is 13.8 Å². The second-order valence-corrected chi connectivity index (χ2v) is 5.01. The Morgan fingerprint density at radius 1 is 1.21 bits per heavy atom. The van der Waals surface area contributed by atoms with Crippen molar-refractivity contribution in [2.75, 3.05) is 5.32 Å². The van der Waals surface area contributed by atoms with Crippen LogP contribution in [0.3, 0.4) is 0 Å². The summed E-state index contributed by atoms with van der Waals surface area (Å²) in [5, 5.41) is 3.47. The van der Waals surface area contributed by atoms with Gasteiger partial charge in [0.05, 0.1) is 0 Å². The average Bonchev–Trinajstić information content (AvgIpc) is 2.67. The maximum absolute atomic E-state index is 11.9. The fourth-order valence-corrected chi connectivity index (χ4v) is 2.25. The van der Waals surface area contributed by atoms with Crippen LogP contribution in [0.4, 0.5) is 5.69 Å². The van der Waals surface area contributed by atoms with E-state index in [1.165, 1.54) is 11.4 Å². The molecule has 1 heterocycles. The van der Waals surface area contributed by atoms with Crippen molar-refractivity contribution < 1.29 is 4.79 Å². The number of nitrogens with one attached hydrogen (secondary N) is 1. The van der Waals surface area contributed by atoms with Crippen LogP contribution in [0.2, 0.25) is 5.02 Å². The summed E-state index contributed by atoms with van der Waals surface area (Å²) < 4.78 is 2.14. The third-order valence-corrected chi connectivity index (χ3v) is 3.32. The molecule has 1 amide bonds. The summed E-state index contributed by atoms with van der Waals surface area (Å²) in [6, 6.07) is 11.3. The maximum Gasteiger partial charge on any atom is 0.226 e. The smallest absolute Gasteiger partial charge is 0.226 e. The van der Waals surface area contributed by atoms with Crippen molar-refractivity contribution in [1.82, 2.24) is 4.57 Å². The van der Waals surface area contributed by atoms with Crippen molar-refractivity contribution in [1.29, 1.82) is 0 Å². The van der Waals surface area contributed by atoms with Crippen LogP contribution in [-0.4, -0.2) is 10.5 Å². The quantitative estimate of drug-likeness (QED) is 0.906. The zero-order chi connectivity index (χ0) is 13.8. The minimum atomic E-state index is -0.00485. The van der Waals surface area contributed by atoms with E-state index < -0.39 is 0 Å². The van der Waals surface area contributed by atoms with Crippen molar-refractivity contribution in [3.8, 4) is 0 Å². The maximum atomic E-state index is 11.9. The van der Waals surface area contributed by atoms with Crippen LogP contribution in [0.15, 0.2) is 36.4 Å². The Morgan fingerprint density at radius 2 is 1.89 bits per heavy atom. The Labute approximate surface area is 118 Å².